The molecule has 1 amide bonds. The molecule has 1 unspecified atom stereocenters. The minimum absolute atomic E-state index is 0.0335. The Labute approximate surface area is 151 Å². The number of aromatic amines is 1. The monoisotopic (exact) mass is 376 g/mol. The van der Waals surface area contributed by atoms with Crippen LogP contribution in [0.25, 0.3) is 10.9 Å². The maximum atomic E-state index is 12.6. The molecule has 3 N–H and O–H groups in total. The average molecular weight is 376 g/mol. The highest BCUT2D eigenvalue weighted by molar-refractivity contribution is 5.97. The highest BCUT2D eigenvalue weighted by atomic mass is 19.4. The van der Waals surface area contributed by atoms with Crippen LogP contribution in [-0.4, -0.2) is 28.0 Å². The lowest BCUT2D eigenvalue weighted by Gasteiger charge is -2.15. The summed E-state index contributed by atoms with van der Waals surface area (Å²) in [6.45, 7) is 0. The largest absolute Gasteiger partial charge is 0.480 e. The maximum absolute atomic E-state index is 12.6. The molecule has 0 aliphatic heterocycles. The van der Waals surface area contributed by atoms with Crippen molar-refractivity contribution in [3.63, 3.8) is 0 Å². The highest BCUT2D eigenvalue weighted by Gasteiger charge is 2.30. The lowest BCUT2D eigenvalue weighted by atomic mass is 10.0. The molecule has 0 radical (unpaired) electrons. The first-order valence-electron chi connectivity index (χ1n) is 8.01. The van der Waals surface area contributed by atoms with Crippen molar-refractivity contribution in [3.05, 3.63) is 71.4 Å². The number of H-pyrrole nitrogens is 1. The van der Waals surface area contributed by atoms with Crippen molar-refractivity contribution in [2.75, 3.05) is 0 Å². The first kappa shape index (κ1) is 18.5. The fourth-order valence-electron chi connectivity index (χ4n) is 2.77. The van der Waals surface area contributed by atoms with Gasteiger partial charge in [0, 0.05) is 29.1 Å². The molecule has 8 heteroatoms. The zero-order chi connectivity index (χ0) is 19.6. The van der Waals surface area contributed by atoms with Gasteiger partial charge in [-0.2, -0.15) is 13.2 Å². The molecule has 0 aliphatic rings. The average Bonchev–Trinajstić information content (AvgIpc) is 3.03. The van der Waals surface area contributed by atoms with E-state index in [1.54, 1.807) is 6.20 Å². The Hall–Kier alpha value is -3.29. The second kappa shape index (κ2) is 7.14. The summed E-state index contributed by atoms with van der Waals surface area (Å²) in [5.74, 6) is -1.99. The number of aliphatic carboxylic acids is 1. The Balaban J connectivity index is 1.76. The van der Waals surface area contributed by atoms with Crippen LogP contribution >= 0.6 is 0 Å². The molecule has 0 bridgehead atoms. The number of fused-ring (bicyclic) bond motifs is 1. The summed E-state index contributed by atoms with van der Waals surface area (Å²) in [4.78, 5) is 26.8. The maximum Gasteiger partial charge on any atom is 0.416 e. The van der Waals surface area contributed by atoms with Gasteiger partial charge in [0.1, 0.15) is 6.04 Å². The molecule has 0 aliphatic carbocycles. The van der Waals surface area contributed by atoms with Crippen LogP contribution in [0.2, 0.25) is 0 Å². The molecular weight excluding hydrogens is 361 g/mol. The van der Waals surface area contributed by atoms with Gasteiger partial charge in [0.25, 0.3) is 5.91 Å². The zero-order valence-corrected chi connectivity index (χ0v) is 13.9. The molecule has 27 heavy (non-hydrogen) atoms. The summed E-state index contributed by atoms with van der Waals surface area (Å²) in [6, 6.07) is 9.70. The predicted molar refractivity (Wildman–Crippen MR) is 92.3 cm³/mol. The summed E-state index contributed by atoms with van der Waals surface area (Å²) in [7, 11) is 0. The normalized spacial score (nSPS) is 12.7. The molecule has 1 heterocycles. The van der Waals surface area contributed by atoms with E-state index in [1.165, 1.54) is 0 Å². The van der Waals surface area contributed by atoms with Crippen molar-refractivity contribution in [1.82, 2.24) is 10.3 Å². The van der Waals surface area contributed by atoms with Crippen LogP contribution in [0, 0.1) is 0 Å². The molecular formula is C19H15F3N2O3. The number of carbonyl (C=O) groups is 2. The molecule has 1 atom stereocenters. The van der Waals surface area contributed by atoms with Gasteiger partial charge in [0.05, 0.1) is 5.56 Å². The van der Waals surface area contributed by atoms with Crippen LogP contribution in [0.1, 0.15) is 21.5 Å². The molecule has 0 fully saturated rings. The summed E-state index contributed by atoms with van der Waals surface area (Å²) in [6.07, 6.45) is -2.80. The van der Waals surface area contributed by atoms with E-state index < -0.39 is 29.7 Å². The molecule has 1 aromatic heterocycles. The summed E-state index contributed by atoms with van der Waals surface area (Å²) >= 11 is 0. The van der Waals surface area contributed by atoms with Crippen molar-refractivity contribution >= 4 is 22.8 Å². The minimum Gasteiger partial charge on any atom is -0.480 e. The van der Waals surface area contributed by atoms with E-state index in [4.69, 9.17) is 0 Å². The lowest BCUT2D eigenvalue weighted by molar-refractivity contribution is -0.139. The van der Waals surface area contributed by atoms with Gasteiger partial charge in [-0.1, -0.05) is 18.2 Å². The quantitative estimate of drug-likeness (QED) is 0.636. The van der Waals surface area contributed by atoms with Crippen LogP contribution in [-0.2, 0) is 17.4 Å². The first-order chi connectivity index (χ1) is 12.8. The number of hydrogen-bond donors (Lipinski definition) is 3. The van der Waals surface area contributed by atoms with Crippen LogP contribution < -0.4 is 5.32 Å². The standard InChI is InChI=1S/C19H15F3N2O3/c20-19(21,22)13-7-5-11(6-8-13)17(25)24-16(18(26)27)9-12-10-23-15-4-2-1-3-14(12)15/h1-8,10,16,23H,9H2,(H,24,25)(H,26,27). The van der Waals surface area contributed by atoms with Crippen molar-refractivity contribution < 1.29 is 27.9 Å². The van der Waals surface area contributed by atoms with E-state index in [0.29, 0.717) is 5.56 Å². The van der Waals surface area contributed by atoms with E-state index in [-0.39, 0.29) is 12.0 Å². The minimum atomic E-state index is -4.51. The smallest absolute Gasteiger partial charge is 0.416 e. The number of carbonyl (C=O) groups excluding carboxylic acids is 1. The Morgan fingerprint density at radius 1 is 1.07 bits per heavy atom. The Morgan fingerprint density at radius 2 is 1.74 bits per heavy atom. The van der Waals surface area contributed by atoms with E-state index in [0.717, 1.165) is 35.2 Å². The molecule has 3 aromatic rings. The molecule has 0 spiro atoms. The van der Waals surface area contributed by atoms with E-state index in [1.807, 2.05) is 24.3 Å². The second-order valence-electron chi connectivity index (χ2n) is 6.00. The van der Waals surface area contributed by atoms with Gasteiger partial charge < -0.3 is 15.4 Å². The van der Waals surface area contributed by atoms with Gasteiger partial charge in [-0.15, -0.1) is 0 Å². The zero-order valence-electron chi connectivity index (χ0n) is 13.9. The number of alkyl halides is 3. The molecule has 2 aromatic carbocycles. The van der Waals surface area contributed by atoms with Crippen molar-refractivity contribution in [3.8, 4) is 0 Å². The van der Waals surface area contributed by atoms with Crippen LogP contribution in [0.15, 0.2) is 54.7 Å². The number of aromatic nitrogens is 1. The number of amides is 1. The Kier molecular flexibility index (Phi) is 4.89. The van der Waals surface area contributed by atoms with E-state index in [9.17, 15) is 27.9 Å². The number of benzene rings is 2. The van der Waals surface area contributed by atoms with Gasteiger partial charge in [0.2, 0.25) is 0 Å². The Bertz CT molecular complexity index is 978. The number of halogens is 3. The third-order valence-electron chi connectivity index (χ3n) is 4.18. The van der Waals surface area contributed by atoms with Crippen LogP contribution in [0.4, 0.5) is 13.2 Å². The van der Waals surface area contributed by atoms with Crippen molar-refractivity contribution in [2.45, 2.75) is 18.6 Å². The van der Waals surface area contributed by atoms with E-state index >= 15 is 0 Å². The molecule has 3 rings (SSSR count). The molecule has 0 saturated carbocycles. The number of nitrogens with one attached hydrogen (secondary N) is 2. The van der Waals surface area contributed by atoms with Gasteiger partial charge in [-0.05, 0) is 35.9 Å². The summed E-state index contributed by atoms with van der Waals surface area (Å²) in [5, 5.41) is 12.6. The topological polar surface area (TPSA) is 82.2 Å². The fourth-order valence-corrected chi connectivity index (χ4v) is 2.77. The van der Waals surface area contributed by atoms with Crippen LogP contribution in [0.5, 0.6) is 0 Å². The highest BCUT2D eigenvalue weighted by Crippen LogP contribution is 2.29. The number of carboxylic acid groups (broad SMARTS) is 1. The third kappa shape index (κ3) is 4.11. The van der Waals surface area contributed by atoms with Crippen molar-refractivity contribution in [2.24, 2.45) is 0 Å². The second-order valence-corrected chi connectivity index (χ2v) is 6.00. The van der Waals surface area contributed by atoms with Gasteiger partial charge in [-0.25, -0.2) is 4.79 Å². The van der Waals surface area contributed by atoms with Gasteiger partial charge in [0.15, 0.2) is 0 Å². The third-order valence-corrected chi connectivity index (χ3v) is 4.18. The first-order valence-corrected chi connectivity index (χ1v) is 8.01. The lowest BCUT2D eigenvalue weighted by Crippen LogP contribution is -2.42. The number of para-hydroxylation sites is 1. The number of rotatable bonds is 5. The molecule has 5 nitrogen and oxygen atoms in total. The summed E-state index contributed by atoms with van der Waals surface area (Å²) < 4.78 is 37.8. The number of carboxylic acids is 1. The molecule has 0 saturated heterocycles. The SMILES string of the molecule is O=C(NC(Cc1c[nH]c2ccccc12)C(=O)O)c1ccc(C(F)(F)F)cc1. The van der Waals surface area contributed by atoms with Gasteiger partial charge in [-0.3, -0.25) is 4.79 Å². The van der Waals surface area contributed by atoms with Gasteiger partial charge >= 0.3 is 12.1 Å². The van der Waals surface area contributed by atoms with Crippen molar-refractivity contribution in [1.29, 1.82) is 0 Å². The van der Waals surface area contributed by atoms with E-state index in [2.05, 4.69) is 10.3 Å². The summed E-state index contributed by atoms with van der Waals surface area (Å²) in [5.41, 5.74) is 0.622. The Morgan fingerprint density at radius 3 is 2.37 bits per heavy atom. The predicted octanol–water partition coefficient (Wildman–Crippen LogP) is 3.61. The number of hydrogen-bond acceptors (Lipinski definition) is 2. The molecule has 140 valence electrons. The van der Waals surface area contributed by atoms with Crippen LogP contribution in [0.3, 0.4) is 0 Å². The fraction of sp³-hybridized carbons (Fsp3) is 0.158.